The van der Waals surface area contributed by atoms with Crippen LogP contribution in [0.1, 0.15) is 19.3 Å². The Morgan fingerprint density at radius 1 is 1.64 bits per heavy atom. The molecular formula is C7H15N3O. The minimum absolute atomic E-state index is 0.119. The minimum atomic E-state index is -0.379. The van der Waals surface area contributed by atoms with Gasteiger partial charge in [-0.15, -0.1) is 0 Å². The molecular weight excluding hydrogens is 142 g/mol. The molecule has 1 aliphatic carbocycles. The van der Waals surface area contributed by atoms with E-state index in [1.54, 1.807) is 11.9 Å². The fourth-order valence-corrected chi connectivity index (χ4v) is 1.50. The van der Waals surface area contributed by atoms with Crippen molar-refractivity contribution in [3.05, 3.63) is 0 Å². The van der Waals surface area contributed by atoms with Crippen molar-refractivity contribution in [2.45, 2.75) is 24.8 Å². The van der Waals surface area contributed by atoms with Crippen molar-refractivity contribution in [1.29, 1.82) is 0 Å². The lowest BCUT2D eigenvalue weighted by molar-refractivity contribution is 0.0767. The van der Waals surface area contributed by atoms with Crippen LogP contribution in [0.3, 0.4) is 0 Å². The molecule has 0 aromatic rings. The van der Waals surface area contributed by atoms with Crippen LogP contribution in [0.15, 0.2) is 0 Å². The number of rotatable bonds is 2. The van der Waals surface area contributed by atoms with Crippen molar-refractivity contribution < 1.29 is 4.79 Å². The molecule has 0 aromatic carbocycles. The molecule has 1 saturated carbocycles. The highest BCUT2D eigenvalue weighted by molar-refractivity contribution is 5.72. The highest BCUT2D eigenvalue weighted by Crippen LogP contribution is 2.35. The number of hydrogen-bond acceptors (Lipinski definition) is 2. The lowest BCUT2D eigenvalue weighted by Gasteiger charge is -2.47. The lowest BCUT2D eigenvalue weighted by Crippen LogP contribution is -2.60. The fourth-order valence-electron chi connectivity index (χ4n) is 1.50. The molecule has 1 aliphatic rings. The van der Waals surface area contributed by atoms with E-state index in [1.807, 2.05) is 0 Å². The molecule has 0 bridgehead atoms. The zero-order chi connectivity index (χ0) is 8.48. The van der Waals surface area contributed by atoms with E-state index in [2.05, 4.69) is 0 Å². The van der Waals surface area contributed by atoms with E-state index in [9.17, 15) is 4.79 Å². The van der Waals surface area contributed by atoms with Crippen LogP contribution in [-0.4, -0.2) is 30.1 Å². The average molecular weight is 157 g/mol. The first-order valence-corrected chi connectivity index (χ1v) is 3.86. The molecule has 0 atom stereocenters. The molecule has 1 fully saturated rings. The molecule has 4 nitrogen and oxygen atoms in total. The molecule has 0 spiro atoms. The maximum Gasteiger partial charge on any atom is 0.315 e. The number of nitrogens with two attached hydrogens (primary N) is 2. The fraction of sp³-hybridized carbons (Fsp3) is 0.857. The highest BCUT2D eigenvalue weighted by Gasteiger charge is 2.40. The molecule has 0 heterocycles. The second kappa shape index (κ2) is 2.70. The van der Waals surface area contributed by atoms with E-state index >= 15 is 0 Å². The number of carbonyl (C=O) groups is 1. The summed E-state index contributed by atoms with van der Waals surface area (Å²) in [5, 5.41) is 0. The Morgan fingerprint density at radius 2 is 2.18 bits per heavy atom. The second-order valence-corrected chi connectivity index (χ2v) is 3.18. The molecule has 64 valence electrons. The Kier molecular flexibility index (Phi) is 2.04. The van der Waals surface area contributed by atoms with Crippen LogP contribution >= 0.6 is 0 Å². The summed E-state index contributed by atoms with van der Waals surface area (Å²) in [7, 11) is 1.72. The second-order valence-electron chi connectivity index (χ2n) is 3.18. The van der Waals surface area contributed by atoms with Crippen molar-refractivity contribution >= 4 is 6.03 Å². The number of urea groups is 1. The van der Waals surface area contributed by atoms with Crippen molar-refractivity contribution in [3.8, 4) is 0 Å². The number of hydrogen-bond donors (Lipinski definition) is 2. The van der Waals surface area contributed by atoms with Gasteiger partial charge < -0.3 is 16.4 Å². The molecule has 0 saturated heterocycles. The first-order valence-electron chi connectivity index (χ1n) is 3.86. The monoisotopic (exact) mass is 157 g/mol. The predicted octanol–water partition coefficient (Wildman–Crippen LogP) is -0.122. The summed E-state index contributed by atoms with van der Waals surface area (Å²) in [6.07, 6.45) is 3.13. The van der Waals surface area contributed by atoms with Crippen LogP contribution in [0.2, 0.25) is 0 Å². The predicted molar refractivity (Wildman–Crippen MR) is 43.0 cm³/mol. The maximum atomic E-state index is 10.8. The maximum absolute atomic E-state index is 10.8. The SMILES string of the molecule is CN(C(N)=O)C1(CN)CCC1. The molecule has 11 heavy (non-hydrogen) atoms. The summed E-state index contributed by atoms with van der Waals surface area (Å²) in [5.74, 6) is 0. The van der Waals surface area contributed by atoms with Crippen LogP contribution < -0.4 is 11.5 Å². The summed E-state index contributed by atoms with van der Waals surface area (Å²) in [4.78, 5) is 12.4. The van der Waals surface area contributed by atoms with Gasteiger partial charge in [0.15, 0.2) is 0 Å². The van der Waals surface area contributed by atoms with E-state index in [4.69, 9.17) is 11.5 Å². The molecule has 2 amide bonds. The van der Waals surface area contributed by atoms with Crippen LogP contribution in [0.5, 0.6) is 0 Å². The molecule has 1 rings (SSSR count). The normalized spacial score (nSPS) is 20.5. The number of likely N-dealkylation sites (N-methyl/N-ethyl adjacent to an activating group) is 1. The summed E-state index contributed by atoms with van der Waals surface area (Å²) in [6, 6.07) is -0.379. The van der Waals surface area contributed by atoms with Gasteiger partial charge >= 0.3 is 6.03 Å². The standard InChI is InChI=1S/C7H15N3O/c1-10(6(9)11)7(5-8)3-2-4-7/h2-5,8H2,1H3,(H2,9,11). The molecule has 4 N–H and O–H groups in total. The summed E-state index contributed by atoms with van der Waals surface area (Å²) >= 11 is 0. The number of primary amides is 1. The quantitative estimate of drug-likeness (QED) is 0.586. The van der Waals surface area contributed by atoms with Gasteiger partial charge in [0.2, 0.25) is 0 Å². The third kappa shape index (κ3) is 1.18. The zero-order valence-corrected chi connectivity index (χ0v) is 6.84. The van der Waals surface area contributed by atoms with Crippen LogP contribution in [0.25, 0.3) is 0 Å². The third-order valence-corrected chi connectivity index (χ3v) is 2.71. The topological polar surface area (TPSA) is 72.3 Å². The van der Waals surface area contributed by atoms with Gasteiger partial charge in [-0.2, -0.15) is 0 Å². The van der Waals surface area contributed by atoms with E-state index in [-0.39, 0.29) is 11.6 Å². The number of amides is 2. The lowest BCUT2D eigenvalue weighted by atomic mass is 9.76. The minimum Gasteiger partial charge on any atom is -0.351 e. The number of carbonyl (C=O) groups excluding carboxylic acids is 1. The smallest absolute Gasteiger partial charge is 0.315 e. The first kappa shape index (κ1) is 8.33. The number of nitrogens with zero attached hydrogens (tertiary/aromatic N) is 1. The van der Waals surface area contributed by atoms with Gasteiger partial charge in [-0.3, -0.25) is 0 Å². The largest absolute Gasteiger partial charge is 0.351 e. The Labute approximate surface area is 66.5 Å². The van der Waals surface area contributed by atoms with Gasteiger partial charge in [0.1, 0.15) is 0 Å². The molecule has 0 aliphatic heterocycles. The Bertz CT molecular complexity index is 160. The van der Waals surface area contributed by atoms with Gasteiger partial charge in [-0.25, -0.2) is 4.79 Å². The zero-order valence-electron chi connectivity index (χ0n) is 6.84. The van der Waals surface area contributed by atoms with E-state index in [0.29, 0.717) is 6.54 Å². The third-order valence-electron chi connectivity index (χ3n) is 2.71. The molecule has 4 heteroatoms. The van der Waals surface area contributed by atoms with Gasteiger partial charge in [-0.05, 0) is 19.3 Å². The summed E-state index contributed by atoms with van der Waals surface area (Å²) < 4.78 is 0. The van der Waals surface area contributed by atoms with E-state index < -0.39 is 0 Å². The van der Waals surface area contributed by atoms with Gasteiger partial charge in [0.05, 0.1) is 5.54 Å². The van der Waals surface area contributed by atoms with Crippen LogP contribution in [0, 0.1) is 0 Å². The molecule has 0 aromatic heterocycles. The van der Waals surface area contributed by atoms with Gasteiger partial charge in [0.25, 0.3) is 0 Å². The van der Waals surface area contributed by atoms with Gasteiger partial charge in [-0.1, -0.05) is 0 Å². The Morgan fingerprint density at radius 3 is 2.27 bits per heavy atom. The molecule has 0 radical (unpaired) electrons. The van der Waals surface area contributed by atoms with Crippen molar-refractivity contribution in [2.75, 3.05) is 13.6 Å². The van der Waals surface area contributed by atoms with Crippen molar-refractivity contribution in [2.24, 2.45) is 11.5 Å². The van der Waals surface area contributed by atoms with Crippen LogP contribution in [-0.2, 0) is 0 Å². The van der Waals surface area contributed by atoms with E-state index in [0.717, 1.165) is 19.3 Å². The Balaban J connectivity index is 2.61. The average Bonchev–Trinajstić information content (AvgIpc) is 1.86. The van der Waals surface area contributed by atoms with Crippen molar-refractivity contribution in [3.63, 3.8) is 0 Å². The first-order chi connectivity index (χ1) is 5.12. The van der Waals surface area contributed by atoms with E-state index in [1.165, 1.54) is 0 Å². The summed E-state index contributed by atoms with van der Waals surface area (Å²) in [6.45, 7) is 0.520. The summed E-state index contributed by atoms with van der Waals surface area (Å²) in [5.41, 5.74) is 10.6. The highest BCUT2D eigenvalue weighted by atomic mass is 16.2. The molecule has 0 unspecified atom stereocenters. The van der Waals surface area contributed by atoms with Crippen LogP contribution in [0.4, 0.5) is 4.79 Å². The van der Waals surface area contributed by atoms with Crippen molar-refractivity contribution in [1.82, 2.24) is 4.90 Å². The Hall–Kier alpha value is -0.770. The van der Waals surface area contributed by atoms with Gasteiger partial charge in [0, 0.05) is 13.6 Å².